The summed E-state index contributed by atoms with van der Waals surface area (Å²) in [6.45, 7) is 8.50. The zero-order chi connectivity index (χ0) is 24.1. The molecule has 0 atom stereocenters. The van der Waals surface area contributed by atoms with Crippen molar-refractivity contribution >= 4 is 34.3 Å². The lowest BCUT2D eigenvalue weighted by Crippen LogP contribution is -2.21. The molecule has 7 nitrogen and oxygen atoms in total. The number of ether oxygens (including phenoxy) is 1. The number of hydrogen-bond donors (Lipinski definition) is 1. The van der Waals surface area contributed by atoms with Crippen molar-refractivity contribution in [2.24, 2.45) is 5.92 Å². The highest BCUT2D eigenvalue weighted by atomic mass is 32.1. The monoisotopic (exact) mass is 464 g/mol. The Kier molecular flexibility index (Phi) is 7.73. The van der Waals surface area contributed by atoms with Crippen molar-refractivity contribution in [2.75, 3.05) is 11.9 Å². The Morgan fingerprint density at radius 2 is 2.00 bits per heavy atom. The quantitative estimate of drug-likeness (QED) is 0.364. The van der Waals surface area contributed by atoms with Crippen molar-refractivity contribution in [1.82, 2.24) is 4.57 Å². The van der Waals surface area contributed by atoms with Gasteiger partial charge in [-0.25, -0.2) is 4.79 Å². The van der Waals surface area contributed by atoms with Crippen LogP contribution in [-0.2, 0) is 33.7 Å². The number of aryl methyl sites for hydroxylation is 2. The molecule has 172 valence electrons. The van der Waals surface area contributed by atoms with Crippen LogP contribution in [0.5, 0.6) is 0 Å². The first-order valence-electron chi connectivity index (χ1n) is 11.0. The van der Waals surface area contributed by atoms with Gasteiger partial charge in [0.15, 0.2) is 6.61 Å². The Morgan fingerprint density at radius 3 is 2.67 bits per heavy atom. The number of carbonyl (C=O) groups is 2. The van der Waals surface area contributed by atoms with E-state index in [-0.39, 0.29) is 5.57 Å². The number of fused-ring (bicyclic) bond motifs is 1. The normalized spacial score (nSPS) is 13.2. The molecule has 0 bridgehead atoms. The fourth-order valence-corrected chi connectivity index (χ4v) is 5.31. The van der Waals surface area contributed by atoms with Crippen LogP contribution < -0.4 is 5.32 Å². The highest BCUT2D eigenvalue weighted by Gasteiger charge is 2.22. The lowest BCUT2D eigenvalue weighted by Gasteiger charge is -2.12. The average molecular weight is 465 g/mol. The van der Waals surface area contributed by atoms with E-state index in [1.54, 1.807) is 0 Å². The van der Waals surface area contributed by atoms with Gasteiger partial charge in [0.05, 0.1) is 5.56 Å². The molecule has 0 fully saturated rings. The van der Waals surface area contributed by atoms with E-state index in [9.17, 15) is 20.1 Å². The fraction of sp³-hybridized carbons (Fsp3) is 0.440. The summed E-state index contributed by atoms with van der Waals surface area (Å²) in [7, 11) is 0. The van der Waals surface area contributed by atoms with Crippen LogP contribution >= 0.6 is 11.3 Å². The van der Waals surface area contributed by atoms with Crippen LogP contribution in [0.2, 0.25) is 0 Å². The number of aromatic nitrogens is 1. The van der Waals surface area contributed by atoms with Gasteiger partial charge in [-0.15, -0.1) is 11.3 Å². The van der Waals surface area contributed by atoms with Crippen LogP contribution in [0.4, 0.5) is 5.00 Å². The van der Waals surface area contributed by atoms with Gasteiger partial charge < -0.3 is 14.6 Å². The Morgan fingerprint density at radius 1 is 1.27 bits per heavy atom. The summed E-state index contributed by atoms with van der Waals surface area (Å²) < 4.78 is 7.24. The molecule has 2 aromatic heterocycles. The standard InChI is InChI=1S/C25H28N4O3S/c1-15(2)13-29-16(3)9-18(17(29)4)10-19(11-26)25(31)32-14-23(30)28-24-21(12-27)20-7-5-6-8-22(20)33-24/h9-10,15H,5-8,13-14H2,1-4H3,(H,28,30). The molecule has 0 aromatic carbocycles. The van der Waals surface area contributed by atoms with Crippen molar-refractivity contribution in [3.8, 4) is 12.1 Å². The predicted molar refractivity (Wildman–Crippen MR) is 128 cm³/mol. The van der Waals surface area contributed by atoms with Gasteiger partial charge in [0, 0.05) is 22.8 Å². The van der Waals surface area contributed by atoms with E-state index in [0.717, 1.165) is 59.6 Å². The number of nitrogens with zero attached hydrogens (tertiary/aromatic N) is 3. The molecular weight excluding hydrogens is 436 g/mol. The average Bonchev–Trinajstić information content (AvgIpc) is 3.26. The van der Waals surface area contributed by atoms with Crippen molar-refractivity contribution in [3.05, 3.63) is 44.6 Å². The highest BCUT2D eigenvalue weighted by Crippen LogP contribution is 2.37. The van der Waals surface area contributed by atoms with Crippen LogP contribution in [0.15, 0.2) is 11.6 Å². The summed E-state index contributed by atoms with van der Waals surface area (Å²) in [6.07, 6.45) is 5.36. The molecule has 1 aliphatic carbocycles. The summed E-state index contributed by atoms with van der Waals surface area (Å²) in [5, 5.41) is 22.2. The summed E-state index contributed by atoms with van der Waals surface area (Å²) >= 11 is 1.41. The van der Waals surface area contributed by atoms with E-state index in [1.807, 2.05) is 26.0 Å². The van der Waals surface area contributed by atoms with E-state index in [0.29, 0.717) is 16.5 Å². The van der Waals surface area contributed by atoms with Gasteiger partial charge >= 0.3 is 5.97 Å². The lowest BCUT2D eigenvalue weighted by molar-refractivity contribution is -0.142. The molecule has 1 amide bonds. The highest BCUT2D eigenvalue weighted by molar-refractivity contribution is 7.16. The molecule has 8 heteroatoms. The maximum Gasteiger partial charge on any atom is 0.349 e. The number of nitriles is 2. The van der Waals surface area contributed by atoms with Crippen LogP contribution in [0.1, 0.15) is 59.6 Å². The van der Waals surface area contributed by atoms with E-state index < -0.39 is 18.5 Å². The van der Waals surface area contributed by atoms with Crippen molar-refractivity contribution in [2.45, 2.75) is 59.9 Å². The minimum absolute atomic E-state index is 0.170. The maximum absolute atomic E-state index is 12.4. The third-order valence-corrected chi connectivity index (χ3v) is 6.88. The second-order valence-corrected chi connectivity index (χ2v) is 9.76. The molecule has 1 aliphatic rings. The maximum atomic E-state index is 12.4. The fourth-order valence-electron chi connectivity index (χ4n) is 4.06. The molecule has 0 spiro atoms. The summed E-state index contributed by atoms with van der Waals surface area (Å²) in [5.41, 5.74) is 4.13. The van der Waals surface area contributed by atoms with Crippen LogP contribution in [0.25, 0.3) is 6.08 Å². The Balaban J connectivity index is 1.66. The Hall–Kier alpha value is -3.36. The van der Waals surface area contributed by atoms with Crippen LogP contribution in [0.3, 0.4) is 0 Å². The minimum atomic E-state index is -0.854. The number of rotatable bonds is 7. The predicted octanol–water partition coefficient (Wildman–Crippen LogP) is 4.66. The molecule has 0 aliphatic heterocycles. The molecule has 0 unspecified atom stereocenters. The molecule has 0 saturated carbocycles. The van der Waals surface area contributed by atoms with Gasteiger partial charge in [0.2, 0.25) is 0 Å². The van der Waals surface area contributed by atoms with E-state index in [2.05, 4.69) is 29.8 Å². The molecule has 33 heavy (non-hydrogen) atoms. The summed E-state index contributed by atoms with van der Waals surface area (Å²) in [5.74, 6) is -0.931. The first kappa shape index (κ1) is 24.3. The Bertz CT molecular complexity index is 1190. The van der Waals surface area contributed by atoms with Gasteiger partial charge in [-0.1, -0.05) is 13.8 Å². The van der Waals surface area contributed by atoms with Gasteiger partial charge in [-0.05, 0) is 68.7 Å². The van der Waals surface area contributed by atoms with Crippen LogP contribution in [-0.4, -0.2) is 23.1 Å². The number of hydrogen-bond acceptors (Lipinski definition) is 6. The number of nitrogens with one attached hydrogen (secondary N) is 1. The molecule has 1 N–H and O–H groups in total. The largest absolute Gasteiger partial charge is 0.451 e. The van der Waals surface area contributed by atoms with Gasteiger partial charge in [0.25, 0.3) is 5.91 Å². The van der Waals surface area contributed by atoms with Gasteiger partial charge in [0.1, 0.15) is 22.7 Å². The van der Waals surface area contributed by atoms with Crippen molar-refractivity contribution in [1.29, 1.82) is 10.5 Å². The third-order valence-electron chi connectivity index (χ3n) is 5.67. The SMILES string of the molecule is Cc1cc(C=C(C#N)C(=O)OCC(=O)Nc2sc3c(c2C#N)CCCC3)c(C)n1CC(C)C. The number of anilines is 1. The van der Waals surface area contributed by atoms with E-state index in [1.165, 1.54) is 17.4 Å². The summed E-state index contributed by atoms with van der Waals surface area (Å²) in [6, 6.07) is 5.99. The Labute approximate surface area is 198 Å². The van der Waals surface area contributed by atoms with E-state index in [4.69, 9.17) is 4.74 Å². The molecule has 0 saturated heterocycles. The number of carbonyl (C=O) groups excluding carboxylic acids is 2. The first-order valence-corrected chi connectivity index (χ1v) is 11.9. The molecule has 3 rings (SSSR count). The summed E-state index contributed by atoms with van der Waals surface area (Å²) in [4.78, 5) is 26.0. The third kappa shape index (κ3) is 5.53. The zero-order valence-corrected chi connectivity index (χ0v) is 20.3. The number of esters is 1. The lowest BCUT2D eigenvalue weighted by atomic mass is 9.96. The van der Waals surface area contributed by atoms with Gasteiger partial charge in [-0.3, -0.25) is 4.79 Å². The smallest absolute Gasteiger partial charge is 0.349 e. The topological polar surface area (TPSA) is 108 Å². The second kappa shape index (κ2) is 10.5. The second-order valence-electron chi connectivity index (χ2n) is 8.65. The van der Waals surface area contributed by atoms with Crippen molar-refractivity contribution in [3.63, 3.8) is 0 Å². The molecule has 2 aromatic rings. The molecule has 2 heterocycles. The molecule has 0 radical (unpaired) electrons. The van der Waals surface area contributed by atoms with Gasteiger partial charge in [-0.2, -0.15) is 10.5 Å². The van der Waals surface area contributed by atoms with Crippen molar-refractivity contribution < 1.29 is 14.3 Å². The van der Waals surface area contributed by atoms with Crippen LogP contribution in [0, 0.1) is 42.4 Å². The minimum Gasteiger partial charge on any atom is -0.451 e. The first-order chi connectivity index (χ1) is 15.7. The van der Waals surface area contributed by atoms with E-state index >= 15 is 0 Å². The number of thiophene rings is 1. The number of amides is 1. The zero-order valence-electron chi connectivity index (χ0n) is 19.4. The molecular formula is C25H28N4O3S.